The van der Waals surface area contributed by atoms with Crippen molar-refractivity contribution in [1.29, 1.82) is 0 Å². The van der Waals surface area contributed by atoms with Gasteiger partial charge < -0.3 is 10.6 Å². The van der Waals surface area contributed by atoms with E-state index in [-0.39, 0.29) is 6.04 Å². The molecule has 1 saturated heterocycles. The fourth-order valence-corrected chi connectivity index (χ4v) is 3.30. The van der Waals surface area contributed by atoms with Gasteiger partial charge in [-0.15, -0.1) is 0 Å². The Bertz CT molecular complexity index is 376. The van der Waals surface area contributed by atoms with E-state index in [1.165, 1.54) is 18.5 Å². The molecule has 0 aliphatic carbocycles. The SMILES string of the molecule is CC1CC(C)C(C)N(CCC(N)c2ccccc2)C1. The first-order valence-corrected chi connectivity index (χ1v) is 7.62. The van der Waals surface area contributed by atoms with Crippen molar-refractivity contribution < 1.29 is 0 Å². The van der Waals surface area contributed by atoms with Crippen molar-refractivity contribution in [3.63, 3.8) is 0 Å². The highest BCUT2D eigenvalue weighted by atomic mass is 15.2. The Labute approximate surface area is 118 Å². The van der Waals surface area contributed by atoms with Gasteiger partial charge in [-0.1, -0.05) is 44.2 Å². The molecule has 2 N–H and O–H groups in total. The summed E-state index contributed by atoms with van der Waals surface area (Å²) in [5, 5.41) is 0. The summed E-state index contributed by atoms with van der Waals surface area (Å²) >= 11 is 0. The molecule has 0 spiro atoms. The third-order valence-electron chi connectivity index (χ3n) is 4.67. The van der Waals surface area contributed by atoms with Gasteiger partial charge in [-0.3, -0.25) is 0 Å². The Morgan fingerprint density at radius 3 is 2.58 bits per heavy atom. The molecule has 2 heteroatoms. The van der Waals surface area contributed by atoms with Gasteiger partial charge in [0.05, 0.1) is 0 Å². The number of likely N-dealkylation sites (tertiary alicyclic amines) is 1. The highest BCUT2D eigenvalue weighted by Gasteiger charge is 2.28. The van der Waals surface area contributed by atoms with Gasteiger partial charge in [0.15, 0.2) is 0 Å². The maximum Gasteiger partial charge on any atom is 0.0307 e. The first-order chi connectivity index (χ1) is 9.08. The second-order valence-electron chi connectivity index (χ2n) is 6.36. The molecular formula is C17H28N2. The topological polar surface area (TPSA) is 29.3 Å². The summed E-state index contributed by atoms with van der Waals surface area (Å²) in [6.45, 7) is 9.46. The lowest BCUT2D eigenvalue weighted by Crippen LogP contribution is -2.46. The molecule has 1 aliphatic heterocycles. The molecule has 1 aromatic carbocycles. The molecule has 1 fully saturated rings. The standard InChI is InChI=1S/C17H28N2/c1-13-11-14(2)15(3)19(12-13)10-9-17(18)16-7-5-4-6-8-16/h4-8,13-15,17H,9-12,18H2,1-3H3. The molecule has 2 nitrogen and oxygen atoms in total. The normalized spacial score (nSPS) is 30.2. The second-order valence-corrected chi connectivity index (χ2v) is 6.36. The summed E-state index contributed by atoms with van der Waals surface area (Å²) in [6.07, 6.45) is 2.41. The lowest BCUT2D eigenvalue weighted by Gasteiger charge is -2.41. The second kappa shape index (κ2) is 6.53. The number of nitrogens with zero attached hydrogens (tertiary/aromatic N) is 1. The van der Waals surface area contributed by atoms with Crippen LogP contribution >= 0.6 is 0 Å². The van der Waals surface area contributed by atoms with Gasteiger partial charge in [-0.05, 0) is 37.2 Å². The lowest BCUT2D eigenvalue weighted by molar-refractivity contribution is 0.0770. The van der Waals surface area contributed by atoms with Gasteiger partial charge in [-0.2, -0.15) is 0 Å². The minimum absolute atomic E-state index is 0.168. The number of nitrogens with two attached hydrogens (primary N) is 1. The van der Waals surface area contributed by atoms with Crippen LogP contribution in [0.5, 0.6) is 0 Å². The van der Waals surface area contributed by atoms with E-state index in [4.69, 9.17) is 5.73 Å². The number of piperidine rings is 1. The molecule has 0 saturated carbocycles. The van der Waals surface area contributed by atoms with Crippen molar-refractivity contribution in [2.45, 2.75) is 45.7 Å². The Morgan fingerprint density at radius 2 is 1.89 bits per heavy atom. The summed E-state index contributed by atoms with van der Waals surface area (Å²) < 4.78 is 0. The highest BCUT2D eigenvalue weighted by molar-refractivity contribution is 5.18. The van der Waals surface area contributed by atoms with Crippen molar-refractivity contribution in [3.05, 3.63) is 35.9 Å². The van der Waals surface area contributed by atoms with Crippen LogP contribution in [0.15, 0.2) is 30.3 Å². The summed E-state index contributed by atoms with van der Waals surface area (Å²) in [5.41, 5.74) is 7.56. The fourth-order valence-electron chi connectivity index (χ4n) is 3.30. The van der Waals surface area contributed by atoms with E-state index in [2.05, 4.69) is 49.9 Å². The summed E-state index contributed by atoms with van der Waals surface area (Å²) in [5.74, 6) is 1.62. The van der Waals surface area contributed by atoms with Gasteiger partial charge in [-0.25, -0.2) is 0 Å². The van der Waals surface area contributed by atoms with Gasteiger partial charge in [0.25, 0.3) is 0 Å². The van der Waals surface area contributed by atoms with Crippen molar-refractivity contribution in [3.8, 4) is 0 Å². The van der Waals surface area contributed by atoms with Crippen molar-refractivity contribution in [2.24, 2.45) is 17.6 Å². The molecule has 106 valence electrons. The van der Waals surface area contributed by atoms with Crippen LogP contribution in [0.25, 0.3) is 0 Å². The van der Waals surface area contributed by atoms with E-state index in [0.717, 1.165) is 24.8 Å². The molecule has 2 rings (SSSR count). The quantitative estimate of drug-likeness (QED) is 0.898. The van der Waals surface area contributed by atoms with Crippen LogP contribution in [0, 0.1) is 11.8 Å². The van der Waals surface area contributed by atoms with E-state index in [9.17, 15) is 0 Å². The number of hydrogen-bond donors (Lipinski definition) is 1. The third-order valence-corrected chi connectivity index (χ3v) is 4.67. The zero-order valence-corrected chi connectivity index (χ0v) is 12.5. The molecule has 0 amide bonds. The van der Waals surface area contributed by atoms with Gasteiger partial charge in [0, 0.05) is 25.2 Å². The van der Waals surface area contributed by atoms with Crippen molar-refractivity contribution >= 4 is 0 Å². The molecule has 19 heavy (non-hydrogen) atoms. The van der Waals surface area contributed by atoms with E-state index >= 15 is 0 Å². The molecule has 0 radical (unpaired) electrons. The van der Waals surface area contributed by atoms with E-state index < -0.39 is 0 Å². The van der Waals surface area contributed by atoms with E-state index in [0.29, 0.717) is 6.04 Å². The average Bonchev–Trinajstić information content (AvgIpc) is 2.41. The molecule has 4 unspecified atom stereocenters. The maximum atomic E-state index is 6.30. The first kappa shape index (κ1) is 14.5. The molecule has 1 heterocycles. The predicted octanol–water partition coefficient (Wildman–Crippen LogP) is 3.44. The average molecular weight is 260 g/mol. The third kappa shape index (κ3) is 3.80. The van der Waals surface area contributed by atoms with Crippen LogP contribution in [0.3, 0.4) is 0 Å². The minimum atomic E-state index is 0.168. The monoisotopic (exact) mass is 260 g/mol. The summed E-state index contributed by atoms with van der Waals surface area (Å²) in [4.78, 5) is 2.63. The van der Waals surface area contributed by atoms with Crippen LogP contribution in [0.2, 0.25) is 0 Å². The van der Waals surface area contributed by atoms with Gasteiger partial charge in [0.1, 0.15) is 0 Å². The minimum Gasteiger partial charge on any atom is -0.324 e. The van der Waals surface area contributed by atoms with Crippen molar-refractivity contribution in [2.75, 3.05) is 13.1 Å². The summed E-state index contributed by atoms with van der Waals surface area (Å²) in [7, 11) is 0. The number of rotatable bonds is 4. The Kier molecular flexibility index (Phi) is 5.00. The molecule has 0 aromatic heterocycles. The van der Waals surface area contributed by atoms with E-state index in [1.807, 2.05) is 6.07 Å². The fraction of sp³-hybridized carbons (Fsp3) is 0.647. The molecule has 4 atom stereocenters. The lowest BCUT2D eigenvalue weighted by atomic mass is 9.85. The Hall–Kier alpha value is -0.860. The van der Waals surface area contributed by atoms with Crippen LogP contribution in [0.4, 0.5) is 0 Å². The number of benzene rings is 1. The van der Waals surface area contributed by atoms with Gasteiger partial charge in [0.2, 0.25) is 0 Å². The molecule has 1 aliphatic rings. The number of hydrogen-bond acceptors (Lipinski definition) is 2. The van der Waals surface area contributed by atoms with E-state index in [1.54, 1.807) is 0 Å². The Morgan fingerprint density at radius 1 is 1.21 bits per heavy atom. The molecule has 1 aromatic rings. The zero-order chi connectivity index (χ0) is 13.8. The van der Waals surface area contributed by atoms with Crippen LogP contribution in [0.1, 0.15) is 45.2 Å². The smallest absolute Gasteiger partial charge is 0.0307 e. The van der Waals surface area contributed by atoms with Crippen molar-refractivity contribution in [1.82, 2.24) is 4.90 Å². The first-order valence-electron chi connectivity index (χ1n) is 7.62. The molecular weight excluding hydrogens is 232 g/mol. The van der Waals surface area contributed by atoms with Crippen LogP contribution < -0.4 is 5.73 Å². The zero-order valence-electron chi connectivity index (χ0n) is 12.5. The maximum absolute atomic E-state index is 6.30. The molecule has 0 bridgehead atoms. The largest absolute Gasteiger partial charge is 0.324 e. The Balaban J connectivity index is 1.87. The van der Waals surface area contributed by atoms with Gasteiger partial charge >= 0.3 is 0 Å². The van der Waals surface area contributed by atoms with Crippen LogP contribution in [-0.2, 0) is 0 Å². The highest BCUT2D eigenvalue weighted by Crippen LogP contribution is 2.27. The summed E-state index contributed by atoms with van der Waals surface area (Å²) in [6, 6.07) is 11.3. The van der Waals surface area contributed by atoms with Crippen LogP contribution in [-0.4, -0.2) is 24.0 Å². The predicted molar refractivity (Wildman–Crippen MR) is 82.0 cm³/mol.